The van der Waals surface area contributed by atoms with E-state index in [1.54, 1.807) is 60.4 Å². The normalized spacial score (nSPS) is 12.2. The number of amides is 1. The molecule has 0 spiro atoms. The Morgan fingerprint density at radius 3 is 1.19 bits per heavy atom. The van der Waals surface area contributed by atoms with Crippen LogP contribution in [0.2, 0.25) is 0 Å². The lowest BCUT2D eigenvalue weighted by molar-refractivity contribution is -0.152. The van der Waals surface area contributed by atoms with Crippen LogP contribution in [0.4, 0.5) is 0 Å². The molecule has 1 aliphatic heterocycles. The second kappa shape index (κ2) is 27.9. The van der Waals surface area contributed by atoms with E-state index in [9.17, 15) is 40.3 Å². The van der Waals surface area contributed by atoms with Crippen LogP contribution in [0.5, 0.6) is 11.5 Å². The van der Waals surface area contributed by atoms with Crippen molar-refractivity contribution in [2.75, 3.05) is 40.0 Å². The molecule has 3 N–H and O–H groups in total. The van der Waals surface area contributed by atoms with Crippen LogP contribution < -0.4 is 15.0 Å². The fourth-order valence-electron chi connectivity index (χ4n) is 8.33. The van der Waals surface area contributed by atoms with Gasteiger partial charge in [-0.1, -0.05) is 60.7 Å². The number of nitrogens with zero attached hydrogens (tertiary/aromatic N) is 1. The third-order valence-electron chi connectivity index (χ3n) is 11.1. The van der Waals surface area contributed by atoms with Crippen molar-refractivity contribution in [2.24, 2.45) is 5.92 Å². The van der Waals surface area contributed by atoms with E-state index in [-0.39, 0.29) is 40.8 Å². The van der Waals surface area contributed by atoms with E-state index in [0.29, 0.717) is 65.6 Å². The first-order valence-electron chi connectivity index (χ1n) is 21.6. The molecular weight excluding hydrogens is 1160 g/mol. The Kier molecular flexibility index (Phi) is 22.4. The third kappa shape index (κ3) is 17.1. The first-order valence-corrected chi connectivity index (χ1v) is 28.5. The zero-order chi connectivity index (χ0) is 58.2. The SMILES string of the molecule is CCOC(=O)C1CCN(C(=O)COc2ccc3ccc4ccc(S(=O)(=O)O)c5ccc2c3c45)CC1.CNOC(=O)COc1ccc2ccc3ccc(S(=O)(=O)O)c4ccc1c2c34.O=S(=O)=O.O=S(=O)=O.O=S(=O)=O.O=S(=O)=O. The van der Waals surface area contributed by atoms with Gasteiger partial charge in [0.2, 0.25) is 0 Å². The minimum atomic E-state index is -4.39. The van der Waals surface area contributed by atoms with Gasteiger partial charge in [0.25, 0.3) is 26.1 Å². The molecule has 27 nitrogen and oxygen atoms in total. The Labute approximate surface area is 447 Å². The first-order chi connectivity index (χ1) is 36.6. The Balaban J connectivity index is 0.000000268. The van der Waals surface area contributed by atoms with Crippen LogP contribution in [0, 0.1) is 5.92 Å². The molecule has 8 aromatic carbocycles. The van der Waals surface area contributed by atoms with Crippen molar-refractivity contribution in [3.63, 3.8) is 0 Å². The molecule has 0 aromatic heterocycles. The number of carbonyl (C=O) groups excluding carboxylic acids is 3. The van der Waals surface area contributed by atoms with Gasteiger partial charge < -0.3 is 23.9 Å². The molecule has 78 heavy (non-hydrogen) atoms. The number of piperidine rings is 1. The lowest BCUT2D eigenvalue weighted by atomic mass is 9.94. The van der Waals surface area contributed by atoms with Gasteiger partial charge in [-0.3, -0.25) is 18.7 Å². The molecule has 1 amide bonds. The van der Waals surface area contributed by atoms with E-state index in [0.717, 1.165) is 43.1 Å². The maximum absolute atomic E-state index is 12.8. The van der Waals surface area contributed by atoms with Gasteiger partial charge in [-0.25, -0.2) is 4.79 Å². The van der Waals surface area contributed by atoms with E-state index >= 15 is 0 Å². The van der Waals surface area contributed by atoms with Gasteiger partial charge >= 0.3 is 54.4 Å². The first kappa shape index (κ1) is 62.6. The summed E-state index contributed by atoms with van der Waals surface area (Å²) < 4.78 is 185. The predicted octanol–water partition coefficient (Wildman–Crippen LogP) is 2.88. The van der Waals surface area contributed by atoms with Gasteiger partial charge in [0, 0.05) is 52.5 Å². The molecule has 0 unspecified atom stereocenters. The molecule has 1 saturated heterocycles. The molecule has 1 aliphatic rings. The molecular formula is C45H40N2O25S6. The highest BCUT2D eigenvalue weighted by atomic mass is 32.2. The van der Waals surface area contributed by atoms with E-state index < -0.39 is 68.6 Å². The van der Waals surface area contributed by atoms with Crippen LogP contribution in [-0.2, 0) is 86.6 Å². The molecule has 1 heterocycles. The molecule has 416 valence electrons. The Bertz CT molecular complexity index is 4110. The van der Waals surface area contributed by atoms with Crippen LogP contribution in [0.1, 0.15) is 19.8 Å². The average molecular weight is 1200 g/mol. The number of esters is 1. The summed E-state index contributed by atoms with van der Waals surface area (Å²) in [7, 11) is -19.7. The van der Waals surface area contributed by atoms with E-state index in [2.05, 4.69) is 10.3 Å². The van der Waals surface area contributed by atoms with Crippen molar-refractivity contribution in [3.8, 4) is 11.5 Å². The molecule has 0 aliphatic carbocycles. The summed E-state index contributed by atoms with van der Waals surface area (Å²) in [5.74, 6) is -0.128. The van der Waals surface area contributed by atoms with Crippen LogP contribution in [0.15, 0.2) is 107 Å². The van der Waals surface area contributed by atoms with Gasteiger partial charge in [-0.2, -0.15) is 22.3 Å². The Hall–Kier alpha value is -7.89. The minimum absolute atomic E-state index is 0.145. The van der Waals surface area contributed by atoms with E-state index in [1.165, 1.54) is 19.2 Å². The number of hydroxylamine groups is 1. The molecule has 0 radical (unpaired) electrons. The predicted molar refractivity (Wildman–Crippen MR) is 271 cm³/mol. The van der Waals surface area contributed by atoms with Crippen molar-refractivity contribution < 1.29 is 110 Å². The number of hydrogen-bond acceptors (Lipinski definition) is 24. The molecule has 0 bridgehead atoms. The number of carbonyl (C=O) groups is 3. The standard InChI is InChI=1S/C26H25NO7S.C19H15NO6S.4O3S/c1-2-33-26(29)18-11-13-27(14-12-18)23(28)15-34-21-9-5-16-3-4-17-6-10-22(35(30,31)32)20-8-7-19(21)24(16)25(17)20;1-20-26-17(21)10-25-15-8-4-11-2-3-12-5-9-16(27(22,23)24)14-7-6-13(15)18(11)19(12)14;4*1-4(2)3/h3-10,18H,2,11-15H2,1H3,(H,30,31,32);2-9,20H,10H2,1H3,(H,22,23,24);;;;. The van der Waals surface area contributed by atoms with Crippen LogP contribution in [-0.4, -0.2) is 139 Å². The van der Waals surface area contributed by atoms with Crippen molar-refractivity contribution >= 4 is 145 Å². The van der Waals surface area contributed by atoms with Crippen LogP contribution in [0.25, 0.3) is 64.6 Å². The van der Waals surface area contributed by atoms with E-state index in [4.69, 9.17) is 64.7 Å². The number of nitrogens with one attached hydrogen (secondary N) is 1. The van der Waals surface area contributed by atoms with Crippen LogP contribution >= 0.6 is 0 Å². The molecule has 0 atom stereocenters. The lowest BCUT2D eigenvalue weighted by Gasteiger charge is -2.30. The molecule has 0 saturated carbocycles. The molecule has 8 aromatic rings. The fourth-order valence-corrected chi connectivity index (χ4v) is 9.71. The zero-order valence-electron chi connectivity index (χ0n) is 39.9. The second-order valence-electron chi connectivity index (χ2n) is 15.5. The lowest BCUT2D eigenvalue weighted by Crippen LogP contribution is -2.42. The fraction of sp³-hybridized carbons (Fsp3) is 0.222. The highest BCUT2D eigenvalue weighted by molar-refractivity contribution is 7.86. The maximum Gasteiger partial charge on any atom is 0.425 e. The minimum Gasteiger partial charge on any atom is -0.483 e. The molecule has 9 rings (SSSR count). The summed E-state index contributed by atoms with van der Waals surface area (Å²) in [6.07, 6.45) is 1.14. The number of likely N-dealkylation sites (tertiary alicyclic amines) is 1. The van der Waals surface area contributed by atoms with Crippen molar-refractivity contribution in [1.82, 2.24) is 10.4 Å². The van der Waals surface area contributed by atoms with Crippen molar-refractivity contribution in [1.29, 1.82) is 0 Å². The summed E-state index contributed by atoms with van der Waals surface area (Å²) in [4.78, 5) is 42.3. The van der Waals surface area contributed by atoms with Gasteiger partial charge in [-0.15, -0.1) is 50.5 Å². The summed E-state index contributed by atoms with van der Waals surface area (Å²) in [5, 5.41) is 8.84. The zero-order valence-corrected chi connectivity index (χ0v) is 44.8. The monoisotopic (exact) mass is 1200 g/mol. The highest BCUT2D eigenvalue weighted by Gasteiger charge is 2.29. The summed E-state index contributed by atoms with van der Waals surface area (Å²) in [6.45, 7) is 2.65. The largest absolute Gasteiger partial charge is 0.483 e. The van der Waals surface area contributed by atoms with Gasteiger partial charge in [0.05, 0.1) is 12.5 Å². The summed E-state index contributed by atoms with van der Waals surface area (Å²) in [5.41, 5.74) is 2.29. The van der Waals surface area contributed by atoms with Crippen molar-refractivity contribution in [3.05, 3.63) is 97.1 Å². The third-order valence-corrected chi connectivity index (χ3v) is 12.9. The molecule has 33 heteroatoms. The highest BCUT2D eigenvalue weighted by Crippen LogP contribution is 2.42. The van der Waals surface area contributed by atoms with Gasteiger partial charge in [0.1, 0.15) is 21.3 Å². The Morgan fingerprint density at radius 2 is 0.846 bits per heavy atom. The van der Waals surface area contributed by atoms with Gasteiger partial charge in [-0.05, 0) is 88.5 Å². The Morgan fingerprint density at radius 1 is 0.526 bits per heavy atom. The summed E-state index contributed by atoms with van der Waals surface area (Å²) in [6, 6.07) is 27.8. The smallest absolute Gasteiger partial charge is 0.425 e. The average Bonchev–Trinajstić information content (AvgIpc) is 3.39. The van der Waals surface area contributed by atoms with Crippen molar-refractivity contribution in [2.45, 2.75) is 29.6 Å². The summed E-state index contributed by atoms with van der Waals surface area (Å²) >= 11 is 0. The number of ether oxygens (including phenoxy) is 3. The number of rotatable bonds is 11. The molecule has 1 fully saturated rings. The van der Waals surface area contributed by atoms with E-state index in [1.807, 2.05) is 36.4 Å². The number of hydrogen-bond donors (Lipinski definition) is 3. The van der Waals surface area contributed by atoms with Crippen LogP contribution in [0.3, 0.4) is 0 Å². The second-order valence-corrected chi connectivity index (χ2v) is 19.9. The number of benzene rings is 8. The van der Waals surface area contributed by atoms with Gasteiger partial charge in [0.15, 0.2) is 13.2 Å². The quantitative estimate of drug-likeness (QED) is 0.0725. The topological polar surface area (TPSA) is 417 Å². The maximum atomic E-state index is 12.8.